The van der Waals surface area contributed by atoms with Crippen LogP contribution in [0, 0.1) is 11.8 Å². The minimum Gasteiger partial charge on any atom is -0.342 e. The molecule has 0 spiro atoms. The van der Waals surface area contributed by atoms with Crippen LogP contribution in [0.4, 0.5) is 13.2 Å². The Morgan fingerprint density at radius 3 is 2.61 bits per heavy atom. The maximum absolute atomic E-state index is 12.6. The van der Waals surface area contributed by atoms with Gasteiger partial charge in [0.1, 0.15) is 0 Å². The number of carbonyl (C=O) groups is 1. The molecule has 0 unspecified atom stereocenters. The van der Waals surface area contributed by atoms with Crippen LogP contribution < -0.4 is 5.32 Å². The first-order valence-electron chi connectivity index (χ1n) is 8.00. The van der Waals surface area contributed by atoms with E-state index in [1.165, 1.54) is 12.1 Å². The van der Waals surface area contributed by atoms with Gasteiger partial charge in [0, 0.05) is 19.0 Å². The summed E-state index contributed by atoms with van der Waals surface area (Å²) in [6.07, 6.45) is -2.54. The molecule has 1 saturated heterocycles. The van der Waals surface area contributed by atoms with Gasteiger partial charge in [-0.15, -0.1) is 0 Å². The normalized spacial score (nSPS) is 27.3. The topological polar surface area (TPSA) is 32.3 Å². The first kappa shape index (κ1) is 16.3. The fourth-order valence-corrected chi connectivity index (χ4v) is 3.48. The molecule has 1 aliphatic heterocycles. The van der Waals surface area contributed by atoms with E-state index in [0.717, 1.165) is 50.2 Å². The van der Waals surface area contributed by atoms with E-state index in [9.17, 15) is 18.0 Å². The standard InChI is InChI=1S/C17H21F3N2O/c1-21-9-11-6-7-22(10-11)16(23)15-8-14(15)12-2-4-13(5-3-12)17(18,19)20/h2-5,11,14-15,21H,6-10H2,1H3/t11-,14+,15-/m0/s1. The summed E-state index contributed by atoms with van der Waals surface area (Å²) in [4.78, 5) is 14.4. The van der Waals surface area contributed by atoms with Gasteiger partial charge in [0.05, 0.1) is 5.56 Å². The van der Waals surface area contributed by atoms with E-state index < -0.39 is 11.7 Å². The van der Waals surface area contributed by atoms with Gasteiger partial charge in [-0.05, 0) is 56.0 Å². The number of carbonyl (C=O) groups excluding carboxylic acids is 1. The molecule has 1 amide bonds. The molecule has 3 atom stereocenters. The van der Waals surface area contributed by atoms with E-state index in [1.54, 1.807) is 0 Å². The number of benzene rings is 1. The van der Waals surface area contributed by atoms with Gasteiger partial charge in [-0.2, -0.15) is 13.2 Å². The van der Waals surface area contributed by atoms with Crippen molar-refractivity contribution in [2.75, 3.05) is 26.7 Å². The van der Waals surface area contributed by atoms with E-state index in [0.29, 0.717) is 5.92 Å². The average molecular weight is 326 g/mol. The number of nitrogens with zero attached hydrogens (tertiary/aromatic N) is 1. The maximum atomic E-state index is 12.6. The minimum absolute atomic E-state index is 0.0555. The molecule has 3 nitrogen and oxygen atoms in total. The number of alkyl halides is 3. The van der Waals surface area contributed by atoms with Crippen molar-refractivity contribution in [1.29, 1.82) is 0 Å². The smallest absolute Gasteiger partial charge is 0.342 e. The maximum Gasteiger partial charge on any atom is 0.416 e. The van der Waals surface area contributed by atoms with Crippen molar-refractivity contribution in [2.45, 2.75) is 24.9 Å². The Morgan fingerprint density at radius 2 is 2.00 bits per heavy atom. The quantitative estimate of drug-likeness (QED) is 0.923. The summed E-state index contributed by atoms with van der Waals surface area (Å²) in [6, 6.07) is 5.23. The summed E-state index contributed by atoms with van der Waals surface area (Å²) in [5.41, 5.74) is 0.196. The van der Waals surface area contributed by atoms with E-state index in [1.807, 2.05) is 11.9 Å². The van der Waals surface area contributed by atoms with Crippen molar-refractivity contribution in [2.24, 2.45) is 11.8 Å². The molecule has 1 aromatic carbocycles. The molecule has 1 saturated carbocycles. The second kappa shape index (κ2) is 6.15. The van der Waals surface area contributed by atoms with Crippen LogP contribution >= 0.6 is 0 Å². The summed E-state index contributed by atoms with van der Waals surface area (Å²) >= 11 is 0. The Hall–Kier alpha value is -1.56. The number of likely N-dealkylation sites (tertiary alicyclic amines) is 1. The zero-order valence-corrected chi connectivity index (χ0v) is 13.1. The fourth-order valence-electron chi connectivity index (χ4n) is 3.48. The molecule has 1 aliphatic carbocycles. The highest BCUT2D eigenvalue weighted by Crippen LogP contribution is 2.49. The third kappa shape index (κ3) is 3.52. The predicted octanol–water partition coefficient (Wildman–Crippen LogP) is 2.88. The predicted molar refractivity (Wildman–Crippen MR) is 80.9 cm³/mol. The number of amides is 1. The molecule has 1 N–H and O–H groups in total. The summed E-state index contributed by atoms with van der Waals surface area (Å²) in [5, 5.41) is 3.14. The van der Waals surface area contributed by atoms with Gasteiger partial charge >= 0.3 is 6.18 Å². The van der Waals surface area contributed by atoms with E-state index >= 15 is 0 Å². The molecular weight excluding hydrogens is 305 g/mol. The van der Waals surface area contributed by atoms with Crippen molar-refractivity contribution in [3.05, 3.63) is 35.4 Å². The van der Waals surface area contributed by atoms with Gasteiger partial charge in [0.2, 0.25) is 5.91 Å². The molecule has 126 valence electrons. The molecule has 1 aromatic rings. The SMILES string of the molecule is CNC[C@@H]1CCN(C(=O)[C@H]2C[C@@H]2c2ccc(C(F)(F)F)cc2)C1. The van der Waals surface area contributed by atoms with Crippen molar-refractivity contribution in [3.8, 4) is 0 Å². The molecule has 3 rings (SSSR count). The fraction of sp³-hybridized carbons (Fsp3) is 0.588. The minimum atomic E-state index is -4.31. The number of hydrogen-bond donors (Lipinski definition) is 1. The van der Waals surface area contributed by atoms with Crippen molar-refractivity contribution >= 4 is 5.91 Å². The largest absolute Gasteiger partial charge is 0.416 e. The van der Waals surface area contributed by atoms with Crippen LogP contribution in [0.3, 0.4) is 0 Å². The van der Waals surface area contributed by atoms with Crippen LogP contribution in [0.1, 0.15) is 29.9 Å². The zero-order valence-electron chi connectivity index (χ0n) is 13.1. The van der Waals surface area contributed by atoms with Crippen LogP contribution in [0.15, 0.2) is 24.3 Å². The second-order valence-corrected chi connectivity index (χ2v) is 6.57. The summed E-state index contributed by atoms with van der Waals surface area (Å²) in [6.45, 7) is 2.49. The monoisotopic (exact) mass is 326 g/mol. The Morgan fingerprint density at radius 1 is 1.30 bits per heavy atom. The third-order valence-corrected chi connectivity index (χ3v) is 4.86. The average Bonchev–Trinajstić information content (AvgIpc) is 3.18. The molecule has 1 heterocycles. The second-order valence-electron chi connectivity index (χ2n) is 6.57. The van der Waals surface area contributed by atoms with Crippen molar-refractivity contribution < 1.29 is 18.0 Å². The van der Waals surface area contributed by atoms with Gasteiger partial charge in [0.15, 0.2) is 0 Å². The molecule has 2 aliphatic rings. The lowest BCUT2D eigenvalue weighted by Crippen LogP contribution is -2.31. The highest BCUT2D eigenvalue weighted by atomic mass is 19.4. The summed E-state index contributed by atoms with van der Waals surface area (Å²) < 4.78 is 37.7. The molecule has 23 heavy (non-hydrogen) atoms. The van der Waals surface area contributed by atoms with Gasteiger partial charge in [-0.3, -0.25) is 4.79 Å². The molecular formula is C17H21F3N2O. The van der Waals surface area contributed by atoms with Gasteiger partial charge in [-0.1, -0.05) is 12.1 Å². The van der Waals surface area contributed by atoms with E-state index in [-0.39, 0.29) is 17.7 Å². The third-order valence-electron chi connectivity index (χ3n) is 4.86. The van der Waals surface area contributed by atoms with Gasteiger partial charge in [-0.25, -0.2) is 0 Å². The van der Waals surface area contributed by atoms with Gasteiger partial charge < -0.3 is 10.2 Å². The first-order chi connectivity index (χ1) is 10.9. The lowest BCUT2D eigenvalue weighted by molar-refractivity contribution is -0.137. The van der Waals surface area contributed by atoms with Crippen molar-refractivity contribution in [3.63, 3.8) is 0 Å². The lowest BCUT2D eigenvalue weighted by Gasteiger charge is -2.16. The van der Waals surface area contributed by atoms with Crippen LogP contribution in [-0.4, -0.2) is 37.5 Å². The number of rotatable bonds is 4. The Labute approximate surface area is 133 Å². The molecule has 0 aromatic heterocycles. The Balaban J connectivity index is 1.58. The molecule has 0 bridgehead atoms. The van der Waals surface area contributed by atoms with Crippen molar-refractivity contribution in [1.82, 2.24) is 10.2 Å². The summed E-state index contributed by atoms with van der Waals surface area (Å²) in [5.74, 6) is 0.689. The number of halogens is 3. The zero-order chi connectivity index (χ0) is 16.6. The van der Waals surface area contributed by atoms with Crippen LogP contribution in [0.5, 0.6) is 0 Å². The van der Waals surface area contributed by atoms with Crippen LogP contribution in [0.25, 0.3) is 0 Å². The van der Waals surface area contributed by atoms with Crippen LogP contribution in [-0.2, 0) is 11.0 Å². The van der Waals surface area contributed by atoms with Crippen LogP contribution in [0.2, 0.25) is 0 Å². The molecule has 2 fully saturated rings. The lowest BCUT2D eigenvalue weighted by atomic mass is 10.1. The molecule has 6 heteroatoms. The van der Waals surface area contributed by atoms with E-state index in [2.05, 4.69) is 5.32 Å². The number of nitrogens with one attached hydrogen (secondary N) is 1. The molecule has 0 radical (unpaired) electrons. The Bertz CT molecular complexity index is 570. The van der Waals surface area contributed by atoms with Gasteiger partial charge in [0.25, 0.3) is 0 Å². The van der Waals surface area contributed by atoms with E-state index in [4.69, 9.17) is 0 Å². The summed E-state index contributed by atoms with van der Waals surface area (Å²) in [7, 11) is 1.91. The highest BCUT2D eigenvalue weighted by Gasteiger charge is 2.46. The first-order valence-corrected chi connectivity index (χ1v) is 8.00. The number of hydrogen-bond acceptors (Lipinski definition) is 2. The highest BCUT2D eigenvalue weighted by molar-refractivity contribution is 5.83. The Kier molecular flexibility index (Phi) is 4.36.